The van der Waals surface area contributed by atoms with E-state index < -0.39 is 23.6 Å². The molecule has 54 heavy (non-hydrogen) atoms. The third-order valence-electron chi connectivity index (χ3n) is 12.0. The Morgan fingerprint density at radius 2 is 1.85 bits per heavy atom. The lowest BCUT2D eigenvalue weighted by atomic mass is 9.84. The van der Waals surface area contributed by atoms with Crippen molar-refractivity contribution < 1.29 is 19.4 Å². The number of aryl methyl sites for hydroxylation is 1. The fourth-order valence-corrected chi connectivity index (χ4v) is 9.24. The van der Waals surface area contributed by atoms with Gasteiger partial charge in [-0.3, -0.25) is 24.5 Å². The molecule has 0 unspecified atom stereocenters. The first-order valence-corrected chi connectivity index (χ1v) is 19.9. The second-order valence-corrected chi connectivity index (χ2v) is 16.7. The summed E-state index contributed by atoms with van der Waals surface area (Å²) >= 11 is 0. The number of cyclic esters (lactones) is 1. The molecule has 11 heteroatoms. The van der Waals surface area contributed by atoms with E-state index in [1.54, 1.807) is 6.92 Å². The minimum atomic E-state index is -0.775. The average Bonchev–Trinajstić information content (AvgIpc) is 3.77. The van der Waals surface area contributed by atoms with Gasteiger partial charge in [-0.25, -0.2) is 5.43 Å². The van der Waals surface area contributed by atoms with E-state index in [-0.39, 0.29) is 18.5 Å². The highest BCUT2D eigenvalue weighted by Crippen LogP contribution is 2.43. The number of hydrazine groups is 1. The molecule has 0 aliphatic carbocycles. The van der Waals surface area contributed by atoms with E-state index in [0.717, 1.165) is 76.3 Å². The molecule has 4 aliphatic heterocycles. The smallest absolute Gasteiger partial charge is 0.324 e. The number of ether oxygens (including phenoxy) is 1. The molecule has 0 radical (unpaired) electrons. The quantitative estimate of drug-likeness (QED) is 0.242. The predicted molar refractivity (Wildman–Crippen MR) is 212 cm³/mol. The van der Waals surface area contributed by atoms with Gasteiger partial charge in [0.25, 0.3) is 5.91 Å². The molecule has 2 aromatic carbocycles. The van der Waals surface area contributed by atoms with Crippen molar-refractivity contribution >= 4 is 28.5 Å². The summed E-state index contributed by atoms with van der Waals surface area (Å²) in [4.78, 5) is 37.1. The molecule has 4 N–H and O–H groups in total. The van der Waals surface area contributed by atoms with E-state index in [1.165, 1.54) is 24.4 Å². The summed E-state index contributed by atoms with van der Waals surface area (Å²) < 4.78 is 8.43. The van der Waals surface area contributed by atoms with Gasteiger partial charge in [0.05, 0.1) is 42.0 Å². The number of anilines is 1. The van der Waals surface area contributed by atoms with Crippen LogP contribution in [0.3, 0.4) is 0 Å². The number of hydrogen-bond acceptors (Lipinski definition) is 9. The lowest BCUT2D eigenvalue weighted by molar-refractivity contribution is -0.154. The highest BCUT2D eigenvalue weighted by molar-refractivity contribution is 5.95. The lowest BCUT2D eigenvalue weighted by Crippen LogP contribution is -2.59. The molecule has 8 rings (SSSR count). The molecule has 4 aromatic rings. The molecule has 2 aromatic heterocycles. The summed E-state index contributed by atoms with van der Waals surface area (Å²) in [6.07, 6.45) is 5.90. The Balaban J connectivity index is 1.28. The Morgan fingerprint density at radius 3 is 2.67 bits per heavy atom. The molecule has 0 spiro atoms. The van der Waals surface area contributed by atoms with Crippen LogP contribution < -0.4 is 16.1 Å². The monoisotopic (exact) mass is 733 g/mol. The third-order valence-corrected chi connectivity index (χ3v) is 12.0. The van der Waals surface area contributed by atoms with Crippen molar-refractivity contribution in [2.75, 3.05) is 44.2 Å². The Labute approximate surface area is 318 Å². The Bertz CT molecular complexity index is 2060. The average molecular weight is 734 g/mol. The number of nitrogens with zero attached hydrogens (tertiary/aromatic N) is 5. The fraction of sp³-hybridized carbons (Fsp3) is 0.512. The van der Waals surface area contributed by atoms with Gasteiger partial charge < -0.3 is 25.0 Å². The second kappa shape index (κ2) is 14.7. The van der Waals surface area contributed by atoms with Crippen LogP contribution >= 0.6 is 0 Å². The molecular weight excluding hydrogens is 679 g/mol. The normalized spacial score (nSPS) is 24.3. The largest absolute Gasteiger partial charge is 0.464 e. The van der Waals surface area contributed by atoms with Crippen LogP contribution in [0.15, 0.2) is 54.7 Å². The van der Waals surface area contributed by atoms with Gasteiger partial charge in [0.1, 0.15) is 6.04 Å². The van der Waals surface area contributed by atoms with Gasteiger partial charge in [0.15, 0.2) is 0 Å². The second-order valence-electron chi connectivity index (χ2n) is 16.7. The number of nitrogens with one attached hydrogen (secondary N) is 1. The van der Waals surface area contributed by atoms with Crippen molar-refractivity contribution in [1.82, 2.24) is 24.9 Å². The molecule has 11 nitrogen and oxygen atoms in total. The number of amides is 1. The van der Waals surface area contributed by atoms with E-state index in [9.17, 15) is 14.7 Å². The van der Waals surface area contributed by atoms with Crippen LogP contribution in [0.4, 0.5) is 5.69 Å². The first kappa shape index (κ1) is 36.7. The van der Waals surface area contributed by atoms with Gasteiger partial charge >= 0.3 is 5.97 Å². The summed E-state index contributed by atoms with van der Waals surface area (Å²) in [5.74, 6) is -0.591. The number of rotatable bonds is 4. The number of hydrogen-bond donors (Lipinski definition) is 3. The van der Waals surface area contributed by atoms with E-state index in [0.29, 0.717) is 44.0 Å². The number of fused-ring (bicyclic) bond motifs is 7. The van der Waals surface area contributed by atoms with E-state index in [4.69, 9.17) is 15.5 Å². The van der Waals surface area contributed by atoms with Crippen molar-refractivity contribution in [3.63, 3.8) is 0 Å². The van der Waals surface area contributed by atoms with Gasteiger partial charge in [-0.2, -0.15) is 0 Å². The molecular formula is C43H55N7O4. The van der Waals surface area contributed by atoms with Crippen LogP contribution in [0.25, 0.3) is 33.3 Å². The van der Waals surface area contributed by atoms with Gasteiger partial charge in [0.2, 0.25) is 0 Å². The number of piperazine rings is 1. The van der Waals surface area contributed by atoms with Crippen molar-refractivity contribution in [3.05, 3.63) is 71.5 Å². The van der Waals surface area contributed by atoms with Crippen molar-refractivity contribution in [1.29, 1.82) is 0 Å². The zero-order chi connectivity index (χ0) is 37.7. The summed E-state index contributed by atoms with van der Waals surface area (Å²) in [6, 6.07) is 16.4. The lowest BCUT2D eigenvalue weighted by Gasteiger charge is -2.39. The van der Waals surface area contributed by atoms with Crippen molar-refractivity contribution in [2.24, 2.45) is 11.1 Å². The highest BCUT2D eigenvalue weighted by atomic mass is 16.5. The maximum absolute atomic E-state index is 13.6. The molecule has 4 atom stereocenters. The van der Waals surface area contributed by atoms with Crippen LogP contribution in [-0.2, 0) is 33.7 Å². The molecule has 6 heterocycles. The Hall–Kier alpha value is -4.29. The van der Waals surface area contributed by atoms with Gasteiger partial charge in [-0.05, 0) is 99.4 Å². The molecule has 4 aliphatic rings. The van der Waals surface area contributed by atoms with Crippen LogP contribution in [0.2, 0.25) is 0 Å². The zero-order valence-electron chi connectivity index (χ0n) is 32.2. The predicted octanol–water partition coefficient (Wildman–Crippen LogP) is 5.22. The number of esters is 1. The Morgan fingerprint density at radius 1 is 1.04 bits per heavy atom. The third kappa shape index (κ3) is 7.03. The van der Waals surface area contributed by atoms with Crippen LogP contribution in [-0.4, -0.2) is 93.9 Å². The van der Waals surface area contributed by atoms with Crippen LogP contribution in [0.5, 0.6) is 0 Å². The summed E-state index contributed by atoms with van der Waals surface area (Å²) in [5, 5.41) is 13.9. The number of carbonyl (C=O) groups excluding carboxylic acids is 2. The first-order chi connectivity index (χ1) is 26.0. The number of aliphatic hydroxyl groups excluding tert-OH is 1. The SMILES string of the molecule is CCn1c(-c2cc(N3CCN4CCC[C@@H]4C3)cnc2[C@H](C)O)c2c3cc(ccc31)-c1cccc(c1)C[C@H](N)C(=O)N1CCC[C@H](N1)C(=O)OCC(C)(C)C2. The Kier molecular flexibility index (Phi) is 10.0. The number of nitrogens with two attached hydrogens (primary N) is 1. The first-order valence-electron chi connectivity index (χ1n) is 19.9. The van der Waals surface area contributed by atoms with Gasteiger partial charge in [0, 0.05) is 60.6 Å². The van der Waals surface area contributed by atoms with E-state index >= 15 is 0 Å². The maximum Gasteiger partial charge on any atom is 0.324 e. The number of carbonyl (C=O) groups is 2. The molecule has 3 saturated heterocycles. The van der Waals surface area contributed by atoms with E-state index in [2.05, 4.69) is 77.0 Å². The molecule has 1 amide bonds. The fourth-order valence-electron chi connectivity index (χ4n) is 9.24. The molecule has 6 bridgehead atoms. The minimum absolute atomic E-state index is 0.199. The minimum Gasteiger partial charge on any atom is -0.464 e. The van der Waals surface area contributed by atoms with Gasteiger partial charge in [-0.1, -0.05) is 44.2 Å². The number of benzene rings is 2. The topological polar surface area (TPSA) is 129 Å². The van der Waals surface area contributed by atoms with Crippen molar-refractivity contribution in [3.8, 4) is 22.4 Å². The number of pyridine rings is 1. The van der Waals surface area contributed by atoms with E-state index in [1.807, 2.05) is 18.3 Å². The van der Waals surface area contributed by atoms with Crippen LogP contribution in [0.1, 0.15) is 76.3 Å². The zero-order valence-corrected chi connectivity index (χ0v) is 32.2. The van der Waals surface area contributed by atoms with Crippen LogP contribution in [0, 0.1) is 5.41 Å². The van der Waals surface area contributed by atoms with Crippen molar-refractivity contribution in [2.45, 2.75) is 97.0 Å². The summed E-state index contributed by atoms with van der Waals surface area (Å²) in [6.45, 7) is 13.8. The molecule has 0 saturated carbocycles. The summed E-state index contributed by atoms with van der Waals surface area (Å²) in [5.41, 5.74) is 18.2. The maximum atomic E-state index is 13.6. The number of aliphatic hydroxyl groups is 1. The molecule has 3 fully saturated rings. The number of aromatic nitrogens is 2. The standard InChI is InChI=1S/C43H55N7O4/c1-5-49-38-14-13-30-21-33(38)35(40(49)34-22-32(24-45-39(34)27(2)51)48-18-17-47-15-7-11-31(47)25-48)23-43(3,4)26-54-42(53)37-12-8-16-50(46-37)41(52)36(44)20-28-9-6-10-29(30)19-28/h6,9-10,13-14,19,21-22,24,27,31,36-37,46,51H,5,7-8,11-12,15-18,20,23,25-26,44H2,1-4H3/t27-,31+,36-,37-/m0/s1. The van der Waals surface area contributed by atoms with Gasteiger partial charge in [-0.15, -0.1) is 0 Å². The highest BCUT2D eigenvalue weighted by Gasteiger charge is 2.35. The summed E-state index contributed by atoms with van der Waals surface area (Å²) in [7, 11) is 0. The molecule has 286 valence electrons.